The monoisotopic (exact) mass is 300 g/mol. The summed E-state index contributed by atoms with van der Waals surface area (Å²) < 4.78 is 27.0. The van der Waals surface area contributed by atoms with Crippen molar-refractivity contribution in [3.8, 4) is 0 Å². The van der Waals surface area contributed by atoms with Gasteiger partial charge >= 0.3 is 0 Å². The molecule has 0 aliphatic rings. The standard InChI is InChI=1S/C14H24N2O3S/c1-5-16(7-6-8-17)20(18,19)14-11(3)10(2)9-13(15)12(14)4/h9,17H,5-8,15H2,1-4H3. The van der Waals surface area contributed by atoms with Crippen LogP contribution in [0.25, 0.3) is 0 Å². The molecule has 0 unspecified atom stereocenters. The van der Waals surface area contributed by atoms with Crippen molar-refractivity contribution in [3.05, 3.63) is 22.8 Å². The number of nitrogen functional groups attached to an aromatic ring is 1. The van der Waals surface area contributed by atoms with Gasteiger partial charge in [0, 0.05) is 25.4 Å². The van der Waals surface area contributed by atoms with Crippen LogP contribution in [0.3, 0.4) is 0 Å². The zero-order chi connectivity index (χ0) is 15.5. The Kier molecular flexibility index (Phi) is 5.56. The molecule has 0 spiro atoms. The summed E-state index contributed by atoms with van der Waals surface area (Å²) >= 11 is 0. The molecular weight excluding hydrogens is 276 g/mol. The van der Waals surface area contributed by atoms with Crippen LogP contribution in [0.15, 0.2) is 11.0 Å². The third-order valence-electron chi connectivity index (χ3n) is 3.59. The van der Waals surface area contributed by atoms with E-state index in [1.54, 1.807) is 26.8 Å². The second-order valence-electron chi connectivity index (χ2n) is 4.94. The van der Waals surface area contributed by atoms with Gasteiger partial charge in [0.2, 0.25) is 10.0 Å². The quantitative estimate of drug-likeness (QED) is 0.781. The maximum Gasteiger partial charge on any atom is 0.243 e. The first-order chi connectivity index (χ1) is 9.27. The van der Waals surface area contributed by atoms with Crippen molar-refractivity contribution in [2.45, 2.75) is 39.0 Å². The van der Waals surface area contributed by atoms with E-state index in [-0.39, 0.29) is 6.61 Å². The molecule has 0 atom stereocenters. The summed E-state index contributed by atoms with van der Waals surface area (Å²) in [4.78, 5) is 0.301. The molecule has 6 heteroatoms. The highest BCUT2D eigenvalue weighted by Crippen LogP contribution is 2.30. The molecule has 3 N–H and O–H groups in total. The van der Waals surface area contributed by atoms with E-state index in [1.807, 2.05) is 6.92 Å². The van der Waals surface area contributed by atoms with Crippen molar-refractivity contribution in [2.75, 3.05) is 25.4 Å². The molecule has 0 aliphatic heterocycles. The Morgan fingerprint density at radius 1 is 1.25 bits per heavy atom. The lowest BCUT2D eigenvalue weighted by Gasteiger charge is -2.24. The SMILES string of the molecule is CCN(CCCO)S(=O)(=O)c1c(C)c(C)cc(N)c1C. The first kappa shape index (κ1) is 16.9. The third-order valence-corrected chi connectivity index (χ3v) is 5.84. The van der Waals surface area contributed by atoms with Crippen molar-refractivity contribution in [2.24, 2.45) is 0 Å². The van der Waals surface area contributed by atoms with Crippen molar-refractivity contribution in [1.82, 2.24) is 4.31 Å². The molecule has 1 aromatic rings. The van der Waals surface area contributed by atoms with Crippen LogP contribution in [0.1, 0.15) is 30.0 Å². The van der Waals surface area contributed by atoms with Crippen LogP contribution < -0.4 is 5.73 Å². The molecule has 1 rings (SSSR count). The molecule has 0 aromatic heterocycles. The van der Waals surface area contributed by atoms with E-state index in [0.717, 1.165) is 11.1 Å². The predicted octanol–water partition coefficient (Wildman–Crippen LogP) is 1.59. The third kappa shape index (κ3) is 3.13. The maximum atomic E-state index is 12.8. The number of aryl methyl sites for hydroxylation is 1. The van der Waals surface area contributed by atoms with Crippen LogP contribution in [0.2, 0.25) is 0 Å². The van der Waals surface area contributed by atoms with Crippen molar-refractivity contribution >= 4 is 15.7 Å². The fraction of sp³-hybridized carbons (Fsp3) is 0.571. The van der Waals surface area contributed by atoms with Gasteiger partial charge in [-0.3, -0.25) is 0 Å². The highest BCUT2D eigenvalue weighted by Gasteiger charge is 2.27. The molecule has 1 aromatic carbocycles. The normalized spacial score (nSPS) is 12.1. The zero-order valence-corrected chi connectivity index (χ0v) is 13.4. The summed E-state index contributed by atoms with van der Waals surface area (Å²) in [5.74, 6) is 0. The van der Waals surface area contributed by atoms with E-state index in [0.29, 0.717) is 35.7 Å². The van der Waals surface area contributed by atoms with E-state index in [1.165, 1.54) is 4.31 Å². The van der Waals surface area contributed by atoms with Gasteiger partial charge in [0.25, 0.3) is 0 Å². The lowest BCUT2D eigenvalue weighted by atomic mass is 10.1. The number of anilines is 1. The summed E-state index contributed by atoms with van der Waals surface area (Å²) in [6.07, 6.45) is 0.423. The van der Waals surface area contributed by atoms with E-state index >= 15 is 0 Å². The molecule has 5 nitrogen and oxygen atoms in total. The zero-order valence-electron chi connectivity index (χ0n) is 12.6. The number of aliphatic hydroxyl groups is 1. The summed E-state index contributed by atoms with van der Waals surface area (Å²) in [5.41, 5.74) is 8.59. The van der Waals surface area contributed by atoms with Crippen LogP contribution >= 0.6 is 0 Å². The Bertz CT molecular complexity index is 556. The van der Waals surface area contributed by atoms with Crippen molar-refractivity contribution in [1.29, 1.82) is 0 Å². The van der Waals surface area contributed by atoms with Gasteiger partial charge in [-0.05, 0) is 49.9 Å². The minimum Gasteiger partial charge on any atom is -0.398 e. The number of benzene rings is 1. The van der Waals surface area contributed by atoms with Crippen LogP contribution in [0.5, 0.6) is 0 Å². The average Bonchev–Trinajstić information content (AvgIpc) is 2.37. The minimum absolute atomic E-state index is 0.0278. The Hall–Kier alpha value is -1.11. The molecule has 0 aliphatic carbocycles. The molecule has 0 saturated carbocycles. The summed E-state index contributed by atoms with van der Waals surface area (Å²) in [5, 5.41) is 8.90. The van der Waals surface area contributed by atoms with Gasteiger partial charge in [-0.25, -0.2) is 8.42 Å². The second kappa shape index (κ2) is 6.56. The molecule has 114 valence electrons. The molecule has 0 amide bonds. The first-order valence-electron chi connectivity index (χ1n) is 6.74. The van der Waals surface area contributed by atoms with E-state index in [4.69, 9.17) is 10.8 Å². The Balaban J connectivity index is 3.41. The molecule has 20 heavy (non-hydrogen) atoms. The van der Waals surface area contributed by atoms with Gasteiger partial charge in [-0.15, -0.1) is 0 Å². The van der Waals surface area contributed by atoms with Crippen LogP contribution in [-0.2, 0) is 10.0 Å². The summed E-state index contributed by atoms with van der Waals surface area (Å²) in [6.45, 7) is 7.83. The Morgan fingerprint density at radius 2 is 1.85 bits per heavy atom. The van der Waals surface area contributed by atoms with Crippen molar-refractivity contribution in [3.63, 3.8) is 0 Å². The first-order valence-corrected chi connectivity index (χ1v) is 8.18. The predicted molar refractivity (Wildman–Crippen MR) is 81.2 cm³/mol. The molecule has 0 radical (unpaired) electrons. The number of nitrogens with two attached hydrogens (primary N) is 1. The van der Waals surface area contributed by atoms with Gasteiger partial charge in [0.15, 0.2) is 0 Å². The highest BCUT2D eigenvalue weighted by molar-refractivity contribution is 7.89. The summed E-state index contributed by atoms with van der Waals surface area (Å²) in [6, 6.07) is 1.80. The van der Waals surface area contributed by atoms with Crippen LogP contribution in [-0.4, -0.2) is 37.5 Å². The van der Waals surface area contributed by atoms with E-state index in [9.17, 15) is 8.42 Å². The highest BCUT2D eigenvalue weighted by atomic mass is 32.2. The largest absolute Gasteiger partial charge is 0.398 e. The lowest BCUT2D eigenvalue weighted by molar-refractivity contribution is 0.271. The van der Waals surface area contributed by atoms with Gasteiger partial charge in [-0.1, -0.05) is 6.92 Å². The lowest BCUT2D eigenvalue weighted by Crippen LogP contribution is -2.33. The Labute approximate surface area is 121 Å². The number of sulfonamides is 1. The number of rotatable bonds is 6. The van der Waals surface area contributed by atoms with Crippen LogP contribution in [0, 0.1) is 20.8 Å². The molecule has 0 heterocycles. The Morgan fingerprint density at radius 3 is 2.35 bits per heavy atom. The van der Waals surface area contributed by atoms with Gasteiger partial charge in [-0.2, -0.15) is 4.31 Å². The average molecular weight is 300 g/mol. The summed E-state index contributed by atoms with van der Waals surface area (Å²) in [7, 11) is -3.59. The fourth-order valence-electron chi connectivity index (χ4n) is 2.25. The molecule has 0 bridgehead atoms. The van der Waals surface area contributed by atoms with E-state index in [2.05, 4.69) is 0 Å². The smallest absolute Gasteiger partial charge is 0.243 e. The van der Waals surface area contributed by atoms with Crippen molar-refractivity contribution < 1.29 is 13.5 Å². The van der Waals surface area contributed by atoms with Gasteiger partial charge < -0.3 is 10.8 Å². The molecule has 0 saturated heterocycles. The van der Waals surface area contributed by atoms with Gasteiger partial charge in [0.05, 0.1) is 4.90 Å². The van der Waals surface area contributed by atoms with Gasteiger partial charge in [0.1, 0.15) is 0 Å². The number of nitrogens with zero attached hydrogens (tertiary/aromatic N) is 1. The number of aliphatic hydroxyl groups excluding tert-OH is 1. The minimum atomic E-state index is -3.59. The number of hydrogen-bond acceptors (Lipinski definition) is 4. The fourth-order valence-corrected chi connectivity index (χ4v) is 4.27. The number of hydrogen-bond donors (Lipinski definition) is 2. The molecular formula is C14H24N2O3S. The van der Waals surface area contributed by atoms with Crippen LogP contribution in [0.4, 0.5) is 5.69 Å². The van der Waals surface area contributed by atoms with E-state index < -0.39 is 10.0 Å². The topological polar surface area (TPSA) is 83.6 Å². The maximum absolute atomic E-state index is 12.8. The second-order valence-corrected chi connectivity index (χ2v) is 6.81. The molecule has 0 fully saturated rings.